The van der Waals surface area contributed by atoms with E-state index in [1.807, 2.05) is 18.2 Å². The molecular weight excluding hydrogens is 416 g/mol. The number of rotatable bonds is 8. The molecule has 1 saturated heterocycles. The van der Waals surface area contributed by atoms with Crippen molar-refractivity contribution in [1.82, 2.24) is 15.0 Å². The summed E-state index contributed by atoms with van der Waals surface area (Å²) in [7, 11) is 0. The zero-order valence-electron chi connectivity index (χ0n) is 15.7. The number of hydrogen-bond donors (Lipinski definition) is 1. The van der Waals surface area contributed by atoms with E-state index in [1.165, 1.54) is 0 Å². The highest BCUT2D eigenvalue weighted by atomic mass is 35.5. The molecule has 29 heavy (non-hydrogen) atoms. The van der Waals surface area contributed by atoms with Gasteiger partial charge in [0.25, 0.3) is 5.88 Å². The molecule has 0 radical (unpaired) electrons. The molecule has 8 nitrogen and oxygen atoms in total. The van der Waals surface area contributed by atoms with Crippen molar-refractivity contribution in [2.24, 2.45) is 0 Å². The number of carboxylic acids is 1. The maximum Gasteiger partial charge on any atom is 0.303 e. The van der Waals surface area contributed by atoms with Crippen LogP contribution in [0.25, 0.3) is 10.2 Å². The molecule has 10 heteroatoms. The van der Waals surface area contributed by atoms with Gasteiger partial charge in [-0.25, -0.2) is 4.98 Å². The molecule has 3 heterocycles. The first kappa shape index (κ1) is 19.9. The van der Waals surface area contributed by atoms with Gasteiger partial charge in [0.2, 0.25) is 0 Å². The molecule has 2 aromatic heterocycles. The Hall–Kier alpha value is -2.36. The lowest BCUT2D eigenvalue weighted by molar-refractivity contribution is -0.137. The Morgan fingerprint density at radius 1 is 1.28 bits per heavy atom. The van der Waals surface area contributed by atoms with Crippen LogP contribution in [0.3, 0.4) is 0 Å². The van der Waals surface area contributed by atoms with Crippen molar-refractivity contribution in [2.45, 2.75) is 12.8 Å². The molecule has 0 atom stereocenters. The van der Waals surface area contributed by atoms with Gasteiger partial charge in [0.05, 0.1) is 16.6 Å². The van der Waals surface area contributed by atoms with Crippen LogP contribution in [0.2, 0.25) is 5.02 Å². The van der Waals surface area contributed by atoms with E-state index in [-0.39, 0.29) is 6.42 Å². The number of nitrogens with zero attached hydrogens (tertiary/aromatic N) is 4. The summed E-state index contributed by atoms with van der Waals surface area (Å²) in [6.45, 7) is 4.99. The molecule has 1 aliphatic heterocycles. The Morgan fingerprint density at radius 2 is 2.10 bits per heavy atom. The number of piperazine rings is 1. The number of benzene rings is 1. The van der Waals surface area contributed by atoms with Crippen LogP contribution >= 0.6 is 22.9 Å². The first-order chi connectivity index (χ1) is 14.1. The minimum Gasteiger partial charge on any atom is -0.481 e. The number of aryl methyl sites for hydroxylation is 1. The molecule has 1 fully saturated rings. The number of aliphatic carboxylic acids is 1. The van der Waals surface area contributed by atoms with Crippen molar-refractivity contribution in [2.75, 3.05) is 44.2 Å². The number of fused-ring (bicyclic) bond motifs is 1. The van der Waals surface area contributed by atoms with Crippen LogP contribution in [0, 0.1) is 0 Å². The Morgan fingerprint density at radius 3 is 2.90 bits per heavy atom. The zero-order chi connectivity index (χ0) is 20.2. The number of ether oxygens (including phenoxy) is 1. The van der Waals surface area contributed by atoms with Crippen molar-refractivity contribution in [3.8, 4) is 5.88 Å². The molecule has 0 unspecified atom stereocenters. The van der Waals surface area contributed by atoms with Crippen LogP contribution in [0.5, 0.6) is 5.88 Å². The molecule has 3 aromatic rings. The lowest BCUT2D eigenvalue weighted by Gasteiger charge is -2.34. The largest absolute Gasteiger partial charge is 0.481 e. The third kappa shape index (κ3) is 5.17. The molecule has 0 amide bonds. The monoisotopic (exact) mass is 436 g/mol. The van der Waals surface area contributed by atoms with E-state index in [0.717, 1.165) is 53.1 Å². The summed E-state index contributed by atoms with van der Waals surface area (Å²) in [5, 5.41) is 14.3. The maximum atomic E-state index is 10.6. The van der Waals surface area contributed by atoms with Crippen LogP contribution in [0.15, 0.2) is 28.8 Å². The lowest BCUT2D eigenvalue weighted by atomic mass is 10.2. The smallest absolute Gasteiger partial charge is 0.303 e. The van der Waals surface area contributed by atoms with Gasteiger partial charge in [-0.2, -0.15) is 0 Å². The van der Waals surface area contributed by atoms with Crippen molar-refractivity contribution < 1.29 is 19.2 Å². The Balaban J connectivity index is 1.21. The Labute approximate surface area is 176 Å². The number of carbonyl (C=O) groups is 1. The zero-order valence-corrected chi connectivity index (χ0v) is 17.3. The highest BCUT2D eigenvalue weighted by molar-refractivity contribution is 7.22. The molecule has 1 N–H and O–H groups in total. The minimum atomic E-state index is -0.863. The Bertz CT molecular complexity index is 984. The van der Waals surface area contributed by atoms with E-state index >= 15 is 0 Å². The highest BCUT2D eigenvalue weighted by Gasteiger charge is 2.20. The maximum absolute atomic E-state index is 10.6. The summed E-state index contributed by atoms with van der Waals surface area (Å²) < 4.78 is 11.8. The molecule has 1 aliphatic rings. The van der Waals surface area contributed by atoms with Gasteiger partial charge in [0.15, 0.2) is 5.13 Å². The average molecular weight is 437 g/mol. The van der Waals surface area contributed by atoms with Gasteiger partial charge in [0.1, 0.15) is 12.4 Å². The van der Waals surface area contributed by atoms with Crippen LogP contribution < -0.4 is 9.64 Å². The van der Waals surface area contributed by atoms with Crippen molar-refractivity contribution in [1.29, 1.82) is 0 Å². The van der Waals surface area contributed by atoms with Crippen molar-refractivity contribution in [3.63, 3.8) is 0 Å². The van der Waals surface area contributed by atoms with Crippen LogP contribution in [0.1, 0.15) is 12.2 Å². The van der Waals surface area contributed by atoms with Gasteiger partial charge in [-0.3, -0.25) is 9.69 Å². The predicted octanol–water partition coefficient (Wildman–Crippen LogP) is 3.16. The van der Waals surface area contributed by atoms with Crippen LogP contribution in [0.4, 0.5) is 5.13 Å². The Kier molecular flexibility index (Phi) is 6.17. The fourth-order valence-corrected chi connectivity index (χ4v) is 4.47. The van der Waals surface area contributed by atoms with E-state index in [4.69, 9.17) is 31.0 Å². The number of anilines is 1. The van der Waals surface area contributed by atoms with E-state index in [1.54, 1.807) is 17.4 Å². The number of carboxylic acid groups (broad SMARTS) is 1. The van der Waals surface area contributed by atoms with Crippen LogP contribution in [-0.2, 0) is 11.2 Å². The summed E-state index contributed by atoms with van der Waals surface area (Å²) in [5.74, 6) is 0.0583. The third-order valence-electron chi connectivity index (χ3n) is 4.76. The van der Waals surface area contributed by atoms with Crippen LogP contribution in [-0.4, -0.2) is 65.4 Å². The normalized spacial score (nSPS) is 15.1. The van der Waals surface area contributed by atoms with Crippen molar-refractivity contribution >= 4 is 44.3 Å². The van der Waals surface area contributed by atoms with E-state index < -0.39 is 5.97 Å². The van der Waals surface area contributed by atoms with Gasteiger partial charge < -0.3 is 19.3 Å². The summed E-state index contributed by atoms with van der Waals surface area (Å²) >= 11 is 7.74. The van der Waals surface area contributed by atoms with E-state index in [0.29, 0.717) is 24.7 Å². The molecule has 0 bridgehead atoms. The fourth-order valence-electron chi connectivity index (χ4n) is 3.17. The molecule has 0 aliphatic carbocycles. The second-order valence-electron chi connectivity index (χ2n) is 6.81. The quantitative estimate of drug-likeness (QED) is 0.575. The molecule has 0 saturated carbocycles. The second kappa shape index (κ2) is 8.98. The number of halogens is 1. The van der Waals surface area contributed by atoms with Crippen molar-refractivity contribution in [3.05, 3.63) is 35.0 Å². The van der Waals surface area contributed by atoms with Gasteiger partial charge in [-0.15, -0.1) is 0 Å². The SMILES string of the molecule is O=C(O)CCc1cc(OCCN2CCN(c3nc4ccc(Cl)cc4s3)CC2)no1. The third-order valence-corrected chi connectivity index (χ3v) is 6.08. The first-order valence-electron chi connectivity index (χ1n) is 9.40. The average Bonchev–Trinajstić information content (AvgIpc) is 3.33. The summed E-state index contributed by atoms with van der Waals surface area (Å²) in [6, 6.07) is 7.44. The summed E-state index contributed by atoms with van der Waals surface area (Å²) in [5.41, 5.74) is 0.987. The van der Waals surface area contributed by atoms with Gasteiger partial charge in [-0.05, 0) is 23.4 Å². The molecular formula is C19H21ClN4O4S. The summed E-state index contributed by atoms with van der Waals surface area (Å²) in [4.78, 5) is 20.0. The standard InChI is InChI=1S/C19H21ClN4O4S/c20-13-1-3-15-16(11-13)29-19(21-15)24-7-5-23(6-8-24)9-10-27-17-12-14(28-22-17)2-4-18(25)26/h1,3,11-12H,2,4-10H2,(H,25,26). The number of thiazole rings is 1. The predicted molar refractivity (Wildman–Crippen MR) is 111 cm³/mol. The first-order valence-corrected chi connectivity index (χ1v) is 10.6. The topological polar surface area (TPSA) is 91.9 Å². The lowest BCUT2D eigenvalue weighted by Crippen LogP contribution is -2.47. The molecule has 154 valence electrons. The molecule has 1 aromatic carbocycles. The van der Waals surface area contributed by atoms with Gasteiger partial charge in [-0.1, -0.05) is 22.9 Å². The minimum absolute atomic E-state index is 0.0145. The van der Waals surface area contributed by atoms with E-state index in [2.05, 4.69) is 15.0 Å². The van der Waals surface area contributed by atoms with Gasteiger partial charge in [0, 0.05) is 50.2 Å². The number of hydrogen-bond acceptors (Lipinski definition) is 8. The summed E-state index contributed by atoms with van der Waals surface area (Å²) in [6.07, 6.45) is 0.326. The fraction of sp³-hybridized carbons (Fsp3) is 0.421. The molecule has 0 spiro atoms. The number of aromatic nitrogens is 2. The second-order valence-corrected chi connectivity index (χ2v) is 8.26. The highest BCUT2D eigenvalue weighted by Crippen LogP contribution is 2.31. The molecule has 4 rings (SSSR count). The van der Waals surface area contributed by atoms with Gasteiger partial charge >= 0.3 is 5.97 Å². The van der Waals surface area contributed by atoms with E-state index in [9.17, 15) is 4.79 Å².